The van der Waals surface area contributed by atoms with E-state index in [0.717, 1.165) is 41.5 Å². The van der Waals surface area contributed by atoms with Crippen molar-refractivity contribution in [2.24, 2.45) is 0 Å². The summed E-state index contributed by atoms with van der Waals surface area (Å²) in [6.45, 7) is 4.66. The highest BCUT2D eigenvalue weighted by Crippen LogP contribution is 2.32. The van der Waals surface area contributed by atoms with Crippen LogP contribution in [0, 0.1) is 11.3 Å². The number of amides is 1. The Bertz CT molecular complexity index is 1630. The molecular formula is C29H27N7O3. The lowest BCUT2D eigenvalue weighted by molar-refractivity contribution is 0.0757. The number of hydrogen-bond donors (Lipinski definition) is 1. The van der Waals surface area contributed by atoms with Crippen molar-refractivity contribution >= 4 is 22.8 Å². The number of fused-ring (bicyclic) bond motifs is 2. The van der Waals surface area contributed by atoms with Crippen LogP contribution in [0.25, 0.3) is 22.3 Å². The molecule has 6 rings (SSSR count). The summed E-state index contributed by atoms with van der Waals surface area (Å²) in [6, 6.07) is 15.2. The number of ether oxygens (including phenoxy) is 2. The van der Waals surface area contributed by atoms with Gasteiger partial charge in [0, 0.05) is 36.3 Å². The van der Waals surface area contributed by atoms with Gasteiger partial charge in [0.05, 0.1) is 55.5 Å². The fourth-order valence-corrected chi connectivity index (χ4v) is 4.77. The summed E-state index contributed by atoms with van der Waals surface area (Å²) >= 11 is 0. The molecule has 0 aliphatic carbocycles. The second-order valence-corrected chi connectivity index (χ2v) is 9.99. The van der Waals surface area contributed by atoms with Crippen LogP contribution in [0.2, 0.25) is 0 Å². The Kier molecular flexibility index (Phi) is 6.29. The van der Waals surface area contributed by atoms with Gasteiger partial charge in [-0.2, -0.15) is 10.2 Å². The Balaban J connectivity index is 1.22. The number of benzene rings is 1. The molecule has 4 aromatic rings. The first-order chi connectivity index (χ1) is 19.0. The van der Waals surface area contributed by atoms with Crippen LogP contribution in [-0.2, 0) is 23.3 Å². The highest BCUT2D eigenvalue weighted by atomic mass is 16.5. The van der Waals surface area contributed by atoms with E-state index in [1.165, 1.54) is 0 Å². The quantitative estimate of drug-likeness (QED) is 0.405. The number of rotatable bonds is 6. The van der Waals surface area contributed by atoms with Crippen LogP contribution >= 0.6 is 0 Å². The molecule has 0 unspecified atom stereocenters. The van der Waals surface area contributed by atoms with E-state index < -0.39 is 5.41 Å². The van der Waals surface area contributed by atoms with Gasteiger partial charge in [0.25, 0.3) is 5.91 Å². The first-order valence-electron chi connectivity index (χ1n) is 12.8. The predicted octanol–water partition coefficient (Wildman–Crippen LogP) is 3.55. The Hall–Kier alpha value is -4.62. The van der Waals surface area contributed by atoms with Crippen LogP contribution in [-0.4, -0.2) is 52.6 Å². The lowest BCUT2D eigenvalue weighted by Gasteiger charge is -2.31. The highest BCUT2D eigenvalue weighted by molar-refractivity contribution is 5.94. The fourth-order valence-electron chi connectivity index (χ4n) is 4.77. The van der Waals surface area contributed by atoms with Crippen molar-refractivity contribution in [1.29, 1.82) is 5.26 Å². The summed E-state index contributed by atoms with van der Waals surface area (Å²) in [5, 5.41) is 13.5. The molecule has 39 heavy (non-hydrogen) atoms. The zero-order chi connectivity index (χ0) is 27.0. The average molecular weight is 522 g/mol. The van der Waals surface area contributed by atoms with Crippen molar-refractivity contribution in [3.8, 4) is 23.3 Å². The van der Waals surface area contributed by atoms with E-state index in [2.05, 4.69) is 26.3 Å². The van der Waals surface area contributed by atoms with Gasteiger partial charge in [0.15, 0.2) is 0 Å². The number of nitriles is 1. The molecule has 1 saturated heterocycles. The van der Waals surface area contributed by atoms with E-state index >= 15 is 0 Å². The maximum Gasteiger partial charge on any atom is 0.251 e. The molecule has 1 aromatic carbocycles. The summed E-state index contributed by atoms with van der Waals surface area (Å²) in [5.74, 6) is 0.895. The predicted molar refractivity (Wildman–Crippen MR) is 144 cm³/mol. The number of nitrogens with zero attached hydrogens (tertiary/aromatic N) is 6. The number of methoxy groups -OCH3 is 1. The van der Waals surface area contributed by atoms with Crippen molar-refractivity contribution in [2.45, 2.75) is 31.9 Å². The number of anilines is 1. The van der Waals surface area contributed by atoms with Gasteiger partial charge in [-0.3, -0.25) is 9.78 Å². The lowest BCUT2D eigenvalue weighted by Crippen LogP contribution is -2.38. The first kappa shape index (κ1) is 24.7. The topological polar surface area (TPSA) is 126 Å². The third kappa shape index (κ3) is 4.73. The van der Waals surface area contributed by atoms with Crippen molar-refractivity contribution in [3.05, 3.63) is 71.0 Å². The smallest absolute Gasteiger partial charge is 0.251 e. The number of carbonyl (C=O) groups is 1. The van der Waals surface area contributed by atoms with E-state index in [9.17, 15) is 10.1 Å². The molecule has 1 fully saturated rings. The maximum absolute atomic E-state index is 13.0. The maximum atomic E-state index is 13.0. The monoisotopic (exact) mass is 521 g/mol. The third-order valence-electron chi connectivity index (χ3n) is 7.22. The zero-order valence-corrected chi connectivity index (χ0v) is 21.8. The van der Waals surface area contributed by atoms with Crippen LogP contribution in [0.15, 0.2) is 48.7 Å². The molecule has 1 amide bonds. The average Bonchev–Trinajstić information content (AvgIpc) is 2.94. The Labute approximate surface area is 225 Å². The molecule has 0 spiro atoms. The zero-order valence-electron chi connectivity index (χ0n) is 21.8. The van der Waals surface area contributed by atoms with Crippen molar-refractivity contribution in [1.82, 2.24) is 25.3 Å². The molecule has 0 saturated carbocycles. The van der Waals surface area contributed by atoms with E-state index in [0.29, 0.717) is 47.7 Å². The molecular weight excluding hydrogens is 494 g/mol. The molecule has 0 bridgehead atoms. The van der Waals surface area contributed by atoms with Gasteiger partial charge < -0.3 is 19.7 Å². The van der Waals surface area contributed by atoms with Gasteiger partial charge in [-0.05, 0) is 54.8 Å². The minimum absolute atomic E-state index is 0.233. The van der Waals surface area contributed by atoms with Gasteiger partial charge in [-0.15, -0.1) is 0 Å². The fraction of sp³-hybridized carbons (Fsp3) is 0.310. The van der Waals surface area contributed by atoms with Crippen LogP contribution in [0.5, 0.6) is 5.88 Å². The Morgan fingerprint density at radius 2 is 2.03 bits per heavy atom. The standard InChI is InChI=1S/C29H27N7O3/c1-29(16-30)17-39-15-20-5-4-18(10-22(20)29)27(37)32-14-21-11-24-19(13-31-21)6-7-23(33-24)25-12-26(38-2)35-28(34-25)36-8-3-9-36/h4-7,10-13H,3,8-9,14-15,17H2,1-2H3,(H,32,37)/t29-/m1/s1. The van der Waals surface area contributed by atoms with Gasteiger partial charge in [-0.1, -0.05) is 6.07 Å². The van der Waals surface area contributed by atoms with Gasteiger partial charge >= 0.3 is 0 Å². The normalized spacial score (nSPS) is 18.1. The second-order valence-electron chi connectivity index (χ2n) is 9.99. The van der Waals surface area contributed by atoms with Gasteiger partial charge in [0.2, 0.25) is 11.8 Å². The van der Waals surface area contributed by atoms with Crippen molar-refractivity contribution < 1.29 is 14.3 Å². The van der Waals surface area contributed by atoms with Crippen LogP contribution in [0.4, 0.5) is 5.95 Å². The van der Waals surface area contributed by atoms with E-state index in [1.807, 2.05) is 31.2 Å². The van der Waals surface area contributed by atoms with Crippen molar-refractivity contribution in [2.75, 3.05) is 31.7 Å². The summed E-state index contributed by atoms with van der Waals surface area (Å²) in [6.07, 6.45) is 2.87. The number of hydrogen-bond acceptors (Lipinski definition) is 9. The van der Waals surface area contributed by atoms with Crippen LogP contribution < -0.4 is 15.0 Å². The SMILES string of the molecule is COc1cc(-c2ccc3cnc(CNC(=O)c4ccc5c(c4)[C@](C)(C#N)COC5)cc3n2)nc(N2CCC2)n1. The number of aromatic nitrogens is 4. The molecule has 196 valence electrons. The highest BCUT2D eigenvalue weighted by Gasteiger charge is 2.33. The molecule has 1 atom stereocenters. The van der Waals surface area contributed by atoms with Gasteiger partial charge in [0.1, 0.15) is 5.41 Å². The third-order valence-corrected chi connectivity index (χ3v) is 7.22. The van der Waals surface area contributed by atoms with Crippen molar-refractivity contribution in [3.63, 3.8) is 0 Å². The van der Waals surface area contributed by atoms with Crippen LogP contribution in [0.3, 0.4) is 0 Å². The minimum Gasteiger partial charge on any atom is -0.481 e. The summed E-state index contributed by atoms with van der Waals surface area (Å²) in [5.41, 5.74) is 4.28. The molecule has 5 heterocycles. The summed E-state index contributed by atoms with van der Waals surface area (Å²) in [7, 11) is 1.59. The number of pyridine rings is 2. The largest absolute Gasteiger partial charge is 0.481 e. The summed E-state index contributed by atoms with van der Waals surface area (Å²) < 4.78 is 11.0. The molecule has 2 aliphatic heterocycles. The number of nitrogens with one attached hydrogen (secondary N) is 1. The Morgan fingerprint density at radius 1 is 1.15 bits per heavy atom. The Morgan fingerprint density at radius 3 is 2.79 bits per heavy atom. The number of carbonyl (C=O) groups excluding carboxylic acids is 1. The molecule has 2 aliphatic rings. The molecule has 3 aromatic heterocycles. The molecule has 1 N–H and O–H groups in total. The molecule has 10 heteroatoms. The summed E-state index contributed by atoms with van der Waals surface area (Å²) in [4.78, 5) is 33.6. The van der Waals surface area contributed by atoms with Gasteiger partial charge in [-0.25, -0.2) is 9.97 Å². The lowest BCUT2D eigenvalue weighted by atomic mass is 9.79. The van der Waals surface area contributed by atoms with E-state index in [1.54, 1.807) is 31.5 Å². The second kappa shape index (κ2) is 9.93. The first-order valence-corrected chi connectivity index (χ1v) is 12.8. The molecule has 10 nitrogen and oxygen atoms in total. The molecule has 0 radical (unpaired) electrons. The van der Waals surface area contributed by atoms with E-state index in [-0.39, 0.29) is 12.5 Å². The van der Waals surface area contributed by atoms with E-state index in [4.69, 9.17) is 19.4 Å². The van der Waals surface area contributed by atoms with Crippen LogP contribution in [0.1, 0.15) is 40.5 Å². The minimum atomic E-state index is -0.781.